The molecule has 0 bridgehead atoms. The molecule has 3 atom stereocenters. The van der Waals surface area contributed by atoms with Crippen molar-refractivity contribution in [1.29, 1.82) is 0 Å². The van der Waals surface area contributed by atoms with Gasteiger partial charge in [0.15, 0.2) is 17.5 Å². The number of thioether (sulfide) groups is 3. The van der Waals surface area contributed by atoms with Crippen LogP contribution in [0, 0.1) is 24.4 Å². The highest BCUT2D eigenvalue weighted by Gasteiger charge is 2.48. The Morgan fingerprint density at radius 3 is 1.15 bits per heavy atom. The number of amides is 6. The number of carbonyl (C=O) groups excluding carboxylic acids is 6. The molecule has 13 heterocycles. The molecule has 6 aliphatic heterocycles. The molecule has 6 aliphatic rings. The van der Waals surface area contributed by atoms with E-state index >= 15 is 4.39 Å². The summed E-state index contributed by atoms with van der Waals surface area (Å²) in [5.41, 5.74) is 17.8. The Kier molecular flexibility index (Phi) is 29.2. The van der Waals surface area contributed by atoms with Gasteiger partial charge >= 0.3 is 0 Å². The number of aromatic nitrogens is 13. The fourth-order valence-corrected chi connectivity index (χ4v) is 22.1. The van der Waals surface area contributed by atoms with Gasteiger partial charge in [-0.3, -0.25) is 63.7 Å². The molecule has 34 heteroatoms. The lowest BCUT2D eigenvalue weighted by Crippen LogP contribution is -2.46. The molecule has 0 spiro atoms. The van der Waals surface area contributed by atoms with Gasteiger partial charge < -0.3 is 30.7 Å². The topological polar surface area (TPSA) is 334 Å². The standard InChI is InChI=1S/C36H33F2N7O2S.C36H34FN7O2S.C36H38N8O2S/c1-48-36(35(47)41-27-8-10-31-29(20-27)33(43-42-31)24-3-6-26(37)7-4-24)13-18-44(22-36)21-32(46)45-16-11-23(12-17-45)28-9-5-25(19-30(28)38)34-39-14-2-15-40-34;1-47-36(35(46)40-29-11-12-31-30(21-29)33(42-41-31)26-7-9-28(37)10-8-26)15-20-43(23-36)22-32(45)44-18-13-25(14-19-44)24-3-5-27(6-4-24)34-38-16-2-17-39-34;1-24-20-28(10-16-37-24)33-30-21-29(8-9-31(30)41-42-33)40-35(46)36(47-2)13-19-43(23-36)22-32(45)44-17-11-26(12-18-44)25-4-6-27(7-5-25)34-38-14-3-15-39-34/h2-11,14-15,19-20H,12-13,16-18,21-22H2,1H3,(H,41,47)(H,42,43);2-13,16-17,21H,14-15,18-20,22-23H2,1H3,(H,40,46)(H,41,42);3-10,14-16,20-21,26H,11-13,17-19,22-23H2,1-2H3,(H,40,46)(H,41,42)/t3*36-/m000/s1. The van der Waals surface area contributed by atoms with Crippen molar-refractivity contribution in [3.8, 4) is 67.9 Å². The van der Waals surface area contributed by atoms with Crippen molar-refractivity contribution in [3.63, 3.8) is 0 Å². The Morgan fingerprint density at radius 1 is 0.380 bits per heavy atom. The number of likely N-dealkylation sites (tertiary alicyclic amines) is 4. The maximum absolute atomic E-state index is 15.1. The molecule has 6 amide bonds. The van der Waals surface area contributed by atoms with Crippen molar-refractivity contribution >= 4 is 132 Å². The number of hydrogen-bond donors (Lipinski definition) is 6. The summed E-state index contributed by atoms with van der Waals surface area (Å²) in [7, 11) is 0. The number of piperidine rings is 1. The molecule has 142 heavy (non-hydrogen) atoms. The molecule has 15 aromatic rings. The van der Waals surface area contributed by atoms with Crippen LogP contribution in [0.3, 0.4) is 0 Å². The second-order valence-electron chi connectivity index (χ2n) is 36.4. The normalized spacial score (nSPS) is 18.5. The van der Waals surface area contributed by atoms with E-state index in [1.54, 1.807) is 103 Å². The van der Waals surface area contributed by atoms with Gasteiger partial charge in [0.05, 0.1) is 47.6 Å². The molecule has 4 saturated heterocycles. The van der Waals surface area contributed by atoms with Crippen molar-refractivity contribution in [2.45, 2.75) is 72.0 Å². The average Bonchev–Trinajstić information content (AvgIpc) is 1.63. The number of aromatic amines is 3. The quantitative estimate of drug-likeness (QED) is 0.0327. The van der Waals surface area contributed by atoms with Crippen LogP contribution in [0.25, 0.3) is 112 Å². The van der Waals surface area contributed by atoms with Gasteiger partial charge in [-0.05, 0) is 238 Å². The van der Waals surface area contributed by atoms with Crippen LogP contribution in [0.5, 0.6) is 0 Å². The number of anilines is 3. The molecule has 28 nitrogen and oxygen atoms in total. The molecule has 21 rings (SSSR count). The molecule has 8 aromatic carbocycles. The Balaban J connectivity index is 0.000000135. The van der Waals surface area contributed by atoms with Gasteiger partial charge in [0.1, 0.15) is 37.4 Å². The van der Waals surface area contributed by atoms with Gasteiger partial charge in [-0.2, -0.15) is 15.3 Å². The van der Waals surface area contributed by atoms with Gasteiger partial charge in [0.2, 0.25) is 35.4 Å². The highest BCUT2D eigenvalue weighted by molar-refractivity contribution is 8.01. The second-order valence-corrected chi connectivity index (χ2v) is 40.0. The number of H-pyrrole nitrogens is 3. The maximum atomic E-state index is 15.1. The first kappa shape index (κ1) is 96.5. The number of rotatable bonds is 24. The van der Waals surface area contributed by atoms with E-state index in [1.807, 2.05) is 137 Å². The minimum absolute atomic E-state index is 0.0154. The van der Waals surface area contributed by atoms with Crippen molar-refractivity contribution < 1.29 is 41.9 Å². The molecule has 0 radical (unpaired) electrons. The van der Waals surface area contributed by atoms with Gasteiger partial charge in [-0.15, -0.1) is 35.3 Å². The highest BCUT2D eigenvalue weighted by atomic mass is 32.2. The van der Waals surface area contributed by atoms with Gasteiger partial charge in [-0.25, -0.2) is 43.1 Å². The predicted molar refractivity (Wildman–Crippen MR) is 554 cm³/mol. The number of carbonyl (C=O) groups is 6. The van der Waals surface area contributed by atoms with E-state index < -0.39 is 14.2 Å². The molecule has 0 aliphatic carbocycles. The maximum Gasteiger partial charge on any atom is 0.241 e. The van der Waals surface area contributed by atoms with Crippen LogP contribution in [0.1, 0.15) is 73.2 Å². The zero-order chi connectivity index (χ0) is 98.0. The molecule has 0 saturated carbocycles. The first-order chi connectivity index (χ1) is 69.1. The zero-order valence-electron chi connectivity index (χ0n) is 78.8. The van der Waals surface area contributed by atoms with E-state index in [-0.39, 0.29) is 66.0 Å². The smallest absolute Gasteiger partial charge is 0.241 e. The Labute approximate surface area is 831 Å². The van der Waals surface area contributed by atoms with Gasteiger partial charge in [0.25, 0.3) is 0 Å². The molecule has 4 fully saturated rings. The summed E-state index contributed by atoms with van der Waals surface area (Å²) in [4.78, 5) is 123. The van der Waals surface area contributed by atoms with Gasteiger partial charge in [-0.1, -0.05) is 72.8 Å². The van der Waals surface area contributed by atoms with Crippen LogP contribution in [0.15, 0.2) is 256 Å². The van der Waals surface area contributed by atoms with E-state index in [9.17, 15) is 37.5 Å². The lowest BCUT2D eigenvalue weighted by molar-refractivity contribution is -0.133. The molecule has 7 aromatic heterocycles. The van der Waals surface area contributed by atoms with Crippen LogP contribution in [0.2, 0.25) is 0 Å². The number of fused-ring (bicyclic) bond motifs is 3. The highest BCUT2D eigenvalue weighted by Crippen LogP contribution is 2.42. The van der Waals surface area contributed by atoms with E-state index in [4.69, 9.17) is 0 Å². The Bertz CT molecular complexity index is 7200. The third-order valence-electron chi connectivity index (χ3n) is 27.7. The summed E-state index contributed by atoms with van der Waals surface area (Å²) in [6, 6.07) is 60.3. The SMILES string of the molecule is CS[C@@]1(C(=O)Nc2ccc3[nH]nc(-c4ccc(F)cc4)c3c2)CCN(CC(=O)N2CC=C(c3ccc(-c4ncccn4)cc3)CC2)C1.CS[C@@]1(C(=O)Nc2ccc3[nH]nc(-c4ccc(F)cc4)c3c2)CCN(CC(=O)N2CC=C(c3ccc(-c4ncccn4)cc3F)CC2)C1.CS[C@@]1(C(=O)Nc2ccc3[nH]nc(-c4ccnc(C)c4)c3c2)CCN(CC(=O)N2CCC(c3ccc(-c4ncccn4)cc3)CC2)C1. The largest absolute Gasteiger partial charge is 0.342 e. The summed E-state index contributed by atoms with van der Waals surface area (Å²) in [6.07, 6.45) is 27.1. The van der Waals surface area contributed by atoms with Gasteiger partial charge in [0, 0.05) is 200 Å². The first-order valence-electron chi connectivity index (χ1n) is 47.3. The minimum Gasteiger partial charge on any atom is -0.342 e. The molecule has 0 unspecified atom stereocenters. The summed E-state index contributed by atoms with van der Waals surface area (Å²) >= 11 is 4.59. The van der Waals surface area contributed by atoms with Crippen molar-refractivity contribution in [3.05, 3.63) is 296 Å². The molecule has 6 N–H and O–H groups in total. The summed E-state index contributed by atoms with van der Waals surface area (Å²) in [6.45, 7) is 9.85. The molecular weight excluding hydrogens is 1850 g/mol. The lowest BCUT2D eigenvalue weighted by Gasteiger charge is -2.33. The fraction of sp³-hybridized carbons (Fsp3) is 0.278. The predicted octanol–water partition coefficient (Wildman–Crippen LogP) is 17.5. The third-order valence-corrected chi connectivity index (χ3v) is 31.6. The Morgan fingerprint density at radius 2 is 0.754 bits per heavy atom. The molecule has 722 valence electrons. The number of pyridine rings is 1. The van der Waals surface area contributed by atoms with E-state index in [1.165, 1.54) is 65.0 Å². The summed E-state index contributed by atoms with van der Waals surface area (Å²) in [5, 5.41) is 34.4. The van der Waals surface area contributed by atoms with Crippen molar-refractivity contribution in [1.82, 2.24) is 94.9 Å². The number of hydrogen-bond acceptors (Lipinski definition) is 22. The van der Waals surface area contributed by atoms with Crippen LogP contribution >= 0.6 is 35.3 Å². The second kappa shape index (κ2) is 43.0. The summed E-state index contributed by atoms with van der Waals surface area (Å²) in [5.74, 6) is 1.32. The Hall–Kier alpha value is -14.4. The van der Waals surface area contributed by atoms with E-state index in [2.05, 4.69) is 134 Å². The lowest BCUT2D eigenvalue weighted by atomic mass is 9.89. The number of nitrogens with one attached hydrogen (secondary N) is 6. The van der Waals surface area contributed by atoms with E-state index in [0.29, 0.717) is 149 Å². The van der Waals surface area contributed by atoms with E-state index in [0.717, 1.165) is 127 Å². The number of nitrogens with zero attached hydrogens (tertiary/aromatic N) is 16. The van der Waals surface area contributed by atoms with Crippen LogP contribution in [0.4, 0.5) is 30.2 Å². The summed E-state index contributed by atoms with van der Waals surface area (Å²) < 4.78 is 40.0. The van der Waals surface area contributed by atoms with Crippen LogP contribution < -0.4 is 16.0 Å². The van der Waals surface area contributed by atoms with Crippen molar-refractivity contribution in [2.24, 2.45) is 0 Å². The van der Waals surface area contributed by atoms with Crippen LogP contribution in [-0.2, 0) is 28.8 Å². The fourth-order valence-electron chi connectivity index (χ4n) is 19.5. The minimum atomic E-state index is -0.713. The van der Waals surface area contributed by atoms with Crippen LogP contribution in [-0.4, -0.2) is 262 Å². The number of halogens is 3. The average molecular weight is 1960 g/mol. The zero-order valence-corrected chi connectivity index (χ0v) is 81.3. The third kappa shape index (κ3) is 21.6. The number of aryl methyl sites for hydroxylation is 1. The first-order valence-corrected chi connectivity index (χ1v) is 51.0. The van der Waals surface area contributed by atoms with Crippen molar-refractivity contribution in [2.75, 3.05) is 133 Å². The monoisotopic (exact) mass is 1960 g/mol. The number of benzene rings is 8. The molecular formula is C108H105F3N22O6S3.